The van der Waals surface area contributed by atoms with E-state index in [2.05, 4.69) is 87.2 Å². The van der Waals surface area contributed by atoms with Crippen LogP contribution in [0.1, 0.15) is 38.8 Å². The van der Waals surface area contributed by atoms with Gasteiger partial charge >= 0.3 is 0 Å². The van der Waals surface area contributed by atoms with Gasteiger partial charge in [0.1, 0.15) is 0 Å². The van der Waals surface area contributed by atoms with Crippen molar-refractivity contribution >= 4 is 17.4 Å². The summed E-state index contributed by atoms with van der Waals surface area (Å²) in [5.41, 5.74) is 3.21. The largest absolute Gasteiger partial charge is 0.372 e. The van der Waals surface area contributed by atoms with E-state index in [0.29, 0.717) is 0 Å². The van der Waals surface area contributed by atoms with E-state index in [4.69, 9.17) is 0 Å². The zero-order valence-corrected chi connectivity index (χ0v) is 19.7. The molecule has 0 N–H and O–H groups in total. The number of hydrogen-bond acceptors (Lipinski definition) is 7. The highest BCUT2D eigenvalue weighted by molar-refractivity contribution is 7.99. The predicted molar refractivity (Wildman–Crippen MR) is 128 cm³/mol. The first kappa shape index (κ1) is 22.0. The maximum absolute atomic E-state index is 4.51. The van der Waals surface area contributed by atoms with Gasteiger partial charge in [0.05, 0.1) is 10.9 Å². The first-order valence-corrected chi connectivity index (χ1v) is 11.8. The van der Waals surface area contributed by atoms with Gasteiger partial charge in [0, 0.05) is 30.9 Å². The maximum atomic E-state index is 4.51. The van der Waals surface area contributed by atoms with Crippen molar-refractivity contribution in [3.63, 3.8) is 0 Å². The highest BCUT2D eigenvalue weighted by Gasteiger charge is 2.21. The Bertz CT molecular complexity index is 1130. The second-order valence-electron chi connectivity index (χ2n) is 7.31. The molecule has 32 heavy (non-hydrogen) atoms. The third-order valence-corrected chi connectivity index (χ3v) is 6.50. The van der Waals surface area contributed by atoms with Crippen LogP contribution in [0.3, 0.4) is 0 Å². The standard InChI is InChI=1S/C23H28N8S/c1-5-29(6-2)19-15-13-18(14-16-19)22-24-26-23(30(22)7-3)32-17(4)21-25-27-28-31(21)20-11-9-8-10-12-20/h8-17H,5-7H2,1-4H3. The summed E-state index contributed by atoms with van der Waals surface area (Å²) in [6, 6.07) is 18.5. The number of aromatic nitrogens is 7. The van der Waals surface area contributed by atoms with Crippen LogP contribution >= 0.6 is 11.8 Å². The molecular formula is C23H28N8S. The smallest absolute Gasteiger partial charge is 0.192 e. The van der Waals surface area contributed by atoms with Crippen LogP contribution in [-0.2, 0) is 6.54 Å². The Morgan fingerprint density at radius 1 is 0.906 bits per heavy atom. The van der Waals surface area contributed by atoms with Crippen LogP contribution in [0.2, 0.25) is 0 Å². The number of benzene rings is 2. The second-order valence-corrected chi connectivity index (χ2v) is 8.62. The van der Waals surface area contributed by atoms with E-state index in [0.717, 1.165) is 47.7 Å². The normalized spacial score (nSPS) is 12.1. The van der Waals surface area contributed by atoms with Crippen LogP contribution in [0.5, 0.6) is 0 Å². The van der Waals surface area contributed by atoms with Crippen molar-refractivity contribution in [2.24, 2.45) is 0 Å². The molecule has 0 saturated carbocycles. The van der Waals surface area contributed by atoms with Gasteiger partial charge in [-0.3, -0.25) is 0 Å². The van der Waals surface area contributed by atoms with Gasteiger partial charge in [0.25, 0.3) is 0 Å². The number of anilines is 1. The van der Waals surface area contributed by atoms with Crippen molar-refractivity contribution in [1.82, 2.24) is 35.0 Å². The van der Waals surface area contributed by atoms with Crippen molar-refractivity contribution < 1.29 is 0 Å². The summed E-state index contributed by atoms with van der Waals surface area (Å²) in [5.74, 6) is 1.65. The van der Waals surface area contributed by atoms with Crippen LogP contribution in [0.15, 0.2) is 59.8 Å². The van der Waals surface area contributed by atoms with E-state index >= 15 is 0 Å². The molecular weight excluding hydrogens is 420 g/mol. The van der Waals surface area contributed by atoms with Crippen LogP contribution in [0.25, 0.3) is 17.1 Å². The van der Waals surface area contributed by atoms with Gasteiger partial charge in [-0.15, -0.1) is 15.3 Å². The van der Waals surface area contributed by atoms with E-state index < -0.39 is 0 Å². The molecule has 1 unspecified atom stereocenters. The number of rotatable bonds is 9. The van der Waals surface area contributed by atoms with Crippen LogP contribution < -0.4 is 4.90 Å². The number of nitrogens with zero attached hydrogens (tertiary/aromatic N) is 8. The first-order chi connectivity index (χ1) is 15.7. The number of thioether (sulfide) groups is 1. The molecule has 0 aliphatic heterocycles. The number of hydrogen-bond donors (Lipinski definition) is 0. The summed E-state index contributed by atoms with van der Waals surface area (Å²) < 4.78 is 3.92. The molecule has 2 aromatic heterocycles. The van der Waals surface area contributed by atoms with Gasteiger partial charge in [-0.2, -0.15) is 4.68 Å². The van der Waals surface area contributed by atoms with E-state index in [1.807, 2.05) is 30.3 Å². The zero-order valence-electron chi connectivity index (χ0n) is 18.9. The lowest BCUT2D eigenvalue weighted by molar-refractivity contribution is 0.683. The highest BCUT2D eigenvalue weighted by Crippen LogP contribution is 2.35. The molecule has 0 bridgehead atoms. The summed E-state index contributed by atoms with van der Waals surface area (Å²) in [4.78, 5) is 2.33. The SMILES string of the molecule is CCN(CC)c1ccc(-c2nnc(SC(C)c3nnnn3-c3ccccc3)n2CC)cc1. The third-order valence-electron chi connectivity index (χ3n) is 5.43. The molecule has 0 radical (unpaired) electrons. The van der Waals surface area contributed by atoms with Crippen molar-refractivity contribution in [2.45, 2.75) is 44.6 Å². The monoisotopic (exact) mass is 448 g/mol. The summed E-state index contributed by atoms with van der Waals surface area (Å²) in [6.07, 6.45) is 0. The fourth-order valence-electron chi connectivity index (χ4n) is 3.70. The average molecular weight is 449 g/mol. The zero-order chi connectivity index (χ0) is 22.5. The quantitative estimate of drug-likeness (QED) is 0.345. The number of para-hydroxylation sites is 1. The molecule has 8 nitrogen and oxygen atoms in total. The Kier molecular flexibility index (Phi) is 6.84. The van der Waals surface area contributed by atoms with Gasteiger partial charge in [0.15, 0.2) is 16.8 Å². The van der Waals surface area contributed by atoms with Crippen LogP contribution in [0, 0.1) is 0 Å². The van der Waals surface area contributed by atoms with Gasteiger partial charge in [0.2, 0.25) is 0 Å². The van der Waals surface area contributed by atoms with E-state index in [-0.39, 0.29) is 5.25 Å². The maximum Gasteiger partial charge on any atom is 0.192 e. The molecule has 4 aromatic rings. The Hall–Kier alpha value is -3.20. The van der Waals surface area contributed by atoms with Crippen molar-refractivity contribution in [1.29, 1.82) is 0 Å². The van der Waals surface area contributed by atoms with E-state index in [1.165, 1.54) is 5.69 Å². The lowest BCUT2D eigenvalue weighted by Crippen LogP contribution is -2.21. The Labute approximate surface area is 192 Å². The van der Waals surface area contributed by atoms with E-state index in [9.17, 15) is 0 Å². The minimum atomic E-state index is -0.00222. The molecule has 9 heteroatoms. The molecule has 166 valence electrons. The minimum Gasteiger partial charge on any atom is -0.372 e. The fourth-order valence-corrected chi connectivity index (χ4v) is 4.70. The summed E-state index contributed by atoms with van der Waals surface area (Å²) in [7, 11) is 0. The Morgan fingerprint density at radius 2 is 1.62 bits per heavy atom. The molecule has 0 fully saturated rings. The molecule has 1 atom stereocenters. The molecule has 0 spiro atoms. The van der Waals surface area contributed by atoms with Crippen molar-refractivity contribution in [2.75, 3.05) is 18.0 Å². The van der Waals surface area contributed by atoms with Gasteiger partial charge in [-0.1, -0.05) is 30.0 Å². The highest BCUT2D eigenvalue weighted by atomic mass is 32.2. The lowest BCUT2D eigenvalue weighted by atomic mass is 10.2. The molecule has 0 aliphatic rings. The van der Waals surface area contributed by atoms with Gasteiger partial charge in [-0.25, -0.2) is 0 Å². The average Bonchev–Trinajstić information content (AvgIpc) is 3.48. The first-order valence-electron chi connectivity index (χ1n) is 10.9. The molecule has 2 heterocycles. The minimum absolute atomic E-state index is 0.00222. The van der Waals surface area contributed by atoms with Crippen molar-refractivity contribution in [3.05, 3.63) is 60.4 Å². The molecule has 0 saturated heterocycles. The Morgan fingerprint density at radius 3 is 2.28 bits per heavy atom. The van der Waals surface area contributed by atoms with Crippen LogP contribution in [-0.4, -0.2) is 48.1 Å². The molecule has 4 rings (SSSR count). The Balaban J connectivity index is 1.58. The molecule has 0 amide bonds. The van der Waals surface area contributed by atoms with Crippen LogP contribution in [0.4, 0.5) is 5.69 Å². The lowest BCUT2D eigenvalue weighted by Gasteiger charge is -2.21. The van der Waals surface area contributed by atoms with Gasteiger partial charge in [-0.05, 0) is 74.5 Å². The second kappa shape index (κ2) is 9.95. The molecule has 0 aliphatic carbocycles. The summed E-state index contributed by atoms with van der Waals surface area (Å²) in [5, 5.41) is 22.2. The van der Waals surface area contributed by atoms with E-state index in [1.54, 1.807) is 16.4 Å². The molecule has 2 aromatic carbocycles. The van der Waals surface area contributed by atoms with Gasteiger partial charge < -0.3 is 9.47 Å². The summed E-state index contributed by atoms with van der Waals surface area (Å²) in [6.45, 7) is 11.3. The fraction of sp³-hybridized carbons (Fsp3) is 0.348. The topological polar surface area (TPSA) is 77.6 Å². The van der Waals surface area contributed by atoms with Crippen molar-refractivity contribution in [3.8, 4) is 17.1 Å². The predicted octanol–water partition coefficient (Wildman–Crippen LogP) is 4.64. The third kappa shape index (κ3) is 4.38. The summed E-state index contributed by atoms with van der Waals surface area (Å²) >= 11 is 1.61. The number of tetrazole rings is 1.